The third kappa shape index (κ3) is 6.16. The molecular formula is C19H26N2O6. The minimum absolute atomic E-state index is 0.0915. The molecule has 0 bridgehead atoms. The van der Waals surface area contributed by atoms with Crippen molar-refractivity contribution in [2.45, 2.75) is 51.5 Å². The number of carbonyl (C=O) groups excluding carboxylic acids is 3. The summed E-state index contributed by atoms with van der Waals surface area (Å²) >= 11 is 0. The van der Waals surface area contributed by atoms with Gasteiger partial charge < -0.3 is 19.5 Å². The molecule has 2 amide bonds. The largest absolute Gasteiger partial charge is 0.467 e. The lowest BCUT2D eigenvalue weighted by Gasteiger charge is -2.22. The van der Waals surface area contributed by atoms with Crippen LogP contribution in [-0.2, 0) is 25.6 Å². The van der Waals surface area contributed by atoms with E-state index in [2.05, 4.69) is 5.32 Å². The fraction of sp³-hybridized carbons (Fsp3) is 0.526. The lowest BCUT2D eigenvalue weighted by atomic mass is 10.2. The number of rotatable bonds is 4. The SMILES string of the molecule is COC(=O)[C@H]1C[C@@H](NC(=O)OC(C)(C)C)CN1C(=O)OCc1ccccc1. The van der Waals surface area contributed by atoms with Gasteiger partial charge in [-0.1, -0.05) is 30.3 Å². The highest BCUT2D eigenvalue weighted by molar-refractivity contribution is 5.82. The fourth-order valence-electron chi connectivity index (χ4n) is 2.78. The van der Waals surface area contributed by atoms with Gasteiger partial charge in [0, 0.05) is 13.0 Å². The molecule has 0 radical (unpaired) electrons. The van der Waals surface area contributed by atoms with Gasteiger partial charge in [0.2, 0.25) is 0 Å². The molecule has 0 spiro atoms. The minimum atomic E-state index is -0.821. The number of nitrogens with zero attached hydrogens (tertiary/aromatic N) is 1. The normalized spacial score (nSPS) is 19.3. The quantitative estimate of drug-likeness (QED) is 0.639. The predicted molar refractivity (Wildman–Crippen MR) is 96.9 cm³/mol. The molecule has 1 saturated heterocycles. The van der Waals surface area contributed by atoms with E-state index in [0.717, 1.165) is 5.56 Å². The Morgan fingerprint density at radius 3 is 2.44 bits per heavy atom. The van der Waals surface area contributed by atoms with E-state index in [4.69, 9.17) is 14.2 Å². The molecule has 1 fully saturated rings. The Hall–Kier alpha value is -2.77. The number of esters is 1. The van der Waals surface area contributed by atoms with E-state index < -0.39 is 35.8 Å². The maximum absolute atomic E-state index is 12.5. The first-order chi connectivity index (χ1) is 12.7. The molecule has 2 atom stereocenters. The van der Waals surface area contributed by atoms with Crippen molar-refractivity contribution < 1.29 is 28.6 Å². The summed E-state index contributed by atoms with van der Waals surface area (Å²) in [5.74, 6) is -0.555. The van der Waals surface area contributed by atoms with Crippen LogP contribution in [0, 0.1) is 0 Å². The Balaban J connectivity index is 1.98. The van der Waals surface area contributed by atoms with E-state index >= 15 is 0 Å². The summed E-state index contributed by atoms with van der Waals surface area (Å²) in [5, 5.41) is 2.68. The number of hydrogen-bond acceptors (Lipinski definition) is 6. The molecule has 8 heteroatoms. The van der Waals surface area contributed by atoms with Crippen molar-refractivity contribution in [3.05, 3.63) is 35.9 Å². The zero-order valence-corrected chi connectivity index (χ0v) is 16.1. The first kappa shape index (κ1) is 20.5. The van der Waals surface area contributed by atoms with E-state index in [0.29, 0.717) is 0 Å². The zero-order chi connectivity index (χ0) is 20.0. The summed E-state index contributed by atoms with van der Waals surface area (Å²) < 4.78 is 15.3. The molecule has 2 rings (SSSR count). The Kier molecular flexibility index (Phi) is 6.65. The summed E-state index contributed by atoms with van der Waals surface area (Å²) in [6.45, 7) is 5.49. The molecule has 0 aliphatic carbocycles. The summed E-state index contributed by atoms with van der Waals surface area (Å²) in [5.41, 5.74) is 0.196. The number of alkyl carbamates (subject to hydrolysis) is 1. The number of likely N-dealkylation sites (tertiary alicyclic amines) is 1. The third-order valence-electron chi connectivity index (χ3n) is 3.93. The molecular weight excluding hydrogens is 352 g/mol. The Labute approximate surface area is 158 Å². The standard InChI is InChI=1S/C19H26N2O6/c1-19(2,3)27-17(23)20-14-10-15(16(22)25-4)21(11-14)18(24)26-12-13-8-6-5-7-9-13/h5-9,14-15H,10-12H2,1-4H3,(H,20,23)/t14-,15-/m1/s1. The highest BCUT2D eigenvalue weighted by Gasteiger charge is 2.42. The van der Waals surface area contributed by atoms with Crippen molar-refractivity contribution >= 4 is 18.2 Å². The van der Waals surface area contributed by atoms with Crippen LogP contribution in [0.5, 0.6) is 0 Å². The van der Waals surface area contributed by atoms with E-state index in [9.17, 15) is 14.4 Å². The molecule has 148 valence electrons. The lowest BCUT2D eigenvalue weighted by molar-refractivity contribution is -0.145. The average Bonchev–Trinajstić information content (AvgIpc) is 3.02. The number of ether oxygens (including phenoxy) is 3. The molecule has 0 aromatic heterocycles. The van der Waals surface area contributed by atoms with Gasteiger partial charge >= 0.3 is 18.2 Å². The highest BCUT2D eigenvalue weighted by atomic mass is 16.6. The van der Waals surface area contributed by atoms with Crippen LogP contribution in [0.25, 0.3) is 0 Å². The van der Waals surface area contributed by atoms with Crippen LogP contribution < -0.4 is 5.32 Å². The number of hydrogen-bond donors (Lipinski definition) is 1. The van der Waals surface area contributed by atoms with Crippen molar-refractivity contribution in [1.82, 2.24) is 10.2 Å². The lowest BCUT2D eigenvalue weighted by Crippen LogP contribution is -2.42. The van der Waals surface area contributed by atoms with Crippen molar-refractivity contribution in [3.8, 4) is 0 Å². The Morgan fingerprint density at radius 2 is 1.85 bits per heavy atom. The Morgan fingerprint density at radius 1 is 1.19 bits per heavy atom. The van der Waals surface area contributed by atoms with E-state index in [1.54, 1.807) is 20.8 Å². The molecule has 8 nitrogen and oxygen atoms in total. The molecule has 1 heterocycles. The van der Waals surface area contributed by atoms with Crippen LogP contribution in [-0.4, -0.2) is 54.4 Å². The van der Waals surface area contributed by atoms with Gasteiger partial charge in [0.15, 0.2) is 0 Å². The summed E-state index contributed by atoms with van der Waals surface area (Å²) in [4.78, 5) is 37.7. The third-order valence-corrected chi connectivity index (χ3v) is 3.93. The van der Waals surface area contributed by atoms with Gasteiger partial charge in [0.25, 0.3) is 0 Å². The van der Waals surface area contributed by atoms with Crippen LogP contribution in [0.1, 0.15) is 32.8 Å². The molecule has 1 aromatic rings. The van der Waals surface area contributed by atoms with E-state index in [1.165, 1.54) is 12.0 Å². The van der Waals surface area contributed by atoms with Gasteiger partial charge in [-0.15, -0.1) is 0 Å². The number of benzene rings is 1. The molecule has 1 aromatic carbocycles. The minimum Gasteiger partial charge on any atom is -0.467 e. The maximum Gasteiger partial charge on any atom is 0.410 e. The summed E-state index contributed by atoms with van der Waals surface area (Å²) in [6.07, 6.45) is -1.01. The first-order valence-corrected chi connectivity index (χ1v) is 8.74. The molecule has 1 aliphatic heterocycles. The number of amides is 2. The van der Waals surface area contributed by atoms with E-state index in [-0.39, 0.29) is 19.6 Å². The van der Waals surface area contributed by atoms with Crippen molar-refractivity contribution in [1.29, 1.82) is 0 Å². The first-order valence-electron chi connectivity index (χ1n) is 8.74. The van der Waals surface area contributed by atoms with Gasteiger partial charge in [-0.25, -0.2) is 14.4 Å². The second-order valence-corrected chi connectivity index (χ2v) is 7.31. The van der Waals surface area contributed by atoms with Crippen LogP contribution >= 0.6 is 0 Å². The molecule has 1 N–H and O–H groups in total. The molecule has 27 heavy (non-hydrogen) atoms. The van der Waals surface area contributed by atoms with Crippen molar-refractivity contribution in [2.75, 3.05) is 13.7 Å². The zero-order valence-electron chi connectivity index (χ0n) is 16.1. The highest BCUT2D eigenvalue weighted by Crippen LogP contribution is 2.21. The average molecular weight is 378 g/mol. The van der Waals surface area contributed by atoms with E-state index in [1.807, 2.05) is 30.3 Å². The summed E-state index contributed by atoms with van der Waals surface area (Å²) in [7, 11) is 1.25. The van der Waals surface area contributed by atoms with Crippen LogP contribution in [0.15, 0.2) is 30.3 Å². The number of carbonyl (C=O) groups is 3. The topological polar surface area (TPSA) is 94.2 Å². The second kappa shape index (κ2) is 8.75. The molecule has 1 aliphatic rings. The van der Waals surface area contributed by atoms with Gasteiger partial charge in [-0.2, -0.15) is 0 Å². The van der Waals surface area contributed by atoms with Crippen LogP contribution in [0.4, 0.5) is 9.59 Å². The van der Waals surface area contributed by atoms with Crippen molar-refractivity contribution in [2.24, 2.45) is 0 Å². The summed E-state index contributed by atoms with van der Waals surface area (Å²) in [6, 6.07) is 7.97. The molecule has 0 saturated carbocycles. The van der Waals surface area contributed by atoms with Crippen LogP contribution in [0.3, 0.4) is 0 Å². The smallest absolute Gasteiger partial charge is 0.410 e. The predicted octanol–water partition coefficient (Wildman–Crippen LogP) is 2.46. The van der Waals surface area contributed by atoms with Crippen LogP contribution in [0.2, 0.25) is 0 Å². The van der Waals surface area contributed by atoms with Gasteiger partial charge in [0.1, 0.15) is 18.2 Å². The monoisotopic (exact) mass is 378 g/mol. The van der Waals surface area contributed by atoms with Crippen molar-refractivity contribution in [3.63, 3.8) is 0 Å². The molecule has 0 unspecified atom stereocenters. The number of nitrogens with one attached hydrogen (secondary N) is 1. The number of methoxy groups -OCH3 is 1. The van der Waals surface area contributed by atoms with Gasteiger partial charge in [-0.05, 0) is 26.3 Å². The second-order valence-electron chi connectivity index (χ2n) is 7.31. The maximum atomic E-state index is 12.5. The van der Waals surface area contributed by atoms with Gasteiger partial charge in [-0.3, -0.25) is 4.90 Å². The Bertz CT molecular complexity index is 671. The van der Waals surface area contributed by atoms with Gasteiger partial charge in [0.05, 0.1) is 13.2 Å². The fourth-order valence-corrected chi connectivity index (χ4v) is 2.78.